The van der Waals surface area contributed by atoms with Crippen molar-refractivity contribution in [1.82, 2.24) is 5.31 Å². The summed E-state index contributed by atoms with van der Waals surface area (Å²) < 4.78 is 14.6. The summed E-state index contributed by atoms with van der Waals surface area (Å²) in [5.41, 5.74) is -0.293. The minimum Gasteiger partial charge on any atom is -0.481 e. The van der Waals surface area contributed by atoms with Gasteiger partial charge in [0.1, 0.15) is 1.41 Å². The fourth-order valence-electron chi connectivity index (χ4n) is 0.588. The van der Waals surface area contributed by atoms with Crippen LogP contribution in [0.4, 0.5) is 0 Å². The zero-order chi connectivity index (χ0) is 10.6. The molecule has 3 heteroatoms. The van der Waals surface area contributed by atoms with Crippen molar-refractivity contribution in [2.45, 2.75) is 39.1 Å². The Kier molecular flexibility index (Phi) is 2.80. The van der Waals surface area contributed by atoms with Crippen LogP contribution in [0, 0.1) is 0 Å². The van der Waals surface area contributed by atoms with Gasteiger partial charge >= 0.3 is 5.97 Å². The molecule has 0 spiro atoms. The molecule has 0 bridgehead atoms. The lowest BCUT2D eigenvalue weighted by Crippen LogP contribution is -2.36. The van der Waals surface area contributed by atoms with Crippen LogP contribution in [0.5, 0.6) is 0 Å². The van der Waals surface area contributed by atoms with Crippen molar-refractivity contribution in [2.75, 3.05) is 6.54 Å². The highest BCUT2D eigenvalue weighted by Gasteiger charge is 2.07. The van der Waals surface area contributed by atoms with Crippen molar-refractivity contribution < 1.29 is 12.7 Å². The van der Waals surface area contributed by atoms with Crippen LogP contribution in [0.15, 0.2) is 0 Å². The summed E-state index contributed by atoms with van der Waals surface area (Å²) in [4.78, 5) is 10.3. The summed E-state index contributed by atoms with van der Waals surface area (Å²) in [5.74, 6) is -1.12. The lowest BCUT2D eigenvalue weighted by atomic mass is 10.1. The van der Waals surface area contributed by atoms with Gasteiger partial charge in [0.25, 0.3) is 0 Å². The molecule has 0 aliphatic heterocycles. The molecule has 0 aromatic rings. The average Bonchev–Trinajstić information content (AvgIpc) is 1.97. The monoisotopic (exact) mass is 161 g/mol. The van der Waals surface area contributed by atoms with Crippen molar-refractivity contribution in [3.8, 4) is 0 Å². The van der Waals surface area contributed by atoms with Crippen LogP contribution in [0.1, 0.15) is 35.0 Å². The summed E-state index contributed by atoms with van der Waals surface area (Å²) in [6.45, 7) is 5.93. The third kappa shape index (κ3) is 9.43. The number of carboxylic acids is 1. The molecule has 0 saturated heterocycles. The van der Waals surface area contributed by atoms with Gasteiger partial charge in [-0.3, -0.25) is 4.79 Å². The first kappa shape index (κ1) is 7.10. The van der Waals surface area contributed by atoms with Gasteiger partial charge in [0.05, 0.1) is 0 Å². The first-order valence-electron chi connectivity index (χ1n) is 4.69. The van der Waals surface area contributed by atoms with Gasteiger partial charge in [-0.25, -0.2) is 0 Å². The molecule has 0 radical (unpaired) electrons. The Balaban J connectivity index is 3.83. The van der Waals surface area contributed by atoms with Gasteiger partial charge in [0.15, 0.2) is 0 Å². The second-order valence-electron chi connectivity index (χ2n) is 3.38. The fourth-order valence-corrected chi connectivity index (χ4v) is 0.588. The van der Waals surface area contributed by atoms with E-state index in [9.17, 15) is 4.79 Å². The maximum atomic E-state index is 10.3. The van der Waals surface area contributed by atoms with Gasteiger partial charge in [-0.1, -0.05) is 0 Å². The van der Waals surface area contributed by atoms with E-state index >= 15 is 0 Å². The maximum absolute atomic E-state index is 10.3. The number of nitrogens with one attached hydrogen (secondary N) is 1. The Morgan fingerprint density at radius 1 is 1.73 bits per heavy atom. The second kappa shape index (κ2) is 4.34. The topological polar surface area (TPSA) is 49.3 Å². The first-order valence-corrected chi connectivity index (χ1v) is 3.66. The molecule has 66 valence electrons. The Morgan fingerprint density at radius 3 is 2.64 bits per heavy atom. The van der Waals surface area contributed by atoms with Crippen LogP contribution < -0.4 is 5.31 Å². The molecule has 2 N–H and O–H groups in total. The quantitative estimate of drug-likeness (QED) is 0.652. The molecule has 0 amide bonds. The number of carboxylic acid groups (broad SMARTS) is 1. The number of hydrogen-bond donors (Lipinski definition) is 2. The predicted octanol–water partition coefficient (Wildman–Crippen LogP) is 1.24. The molecular formula is C8H17NO2. The van der Waals surface area contributed by atoms with Crippen LogP contribution in [-0.2, 0) is 4.79 Å². The van der Waals surface area contributed by atoms with Gasteiger partial charge in [-0.15, -0.1) is 0 Å². The molecule has 1 unspecified atom stereocenters. The normalized spacial score (nSPS) is 17.5. The summed E-state index contributed by atoms with van der Waals surface area (Å²) >= 11 is 0. The van der Waals surface area contributed by atoms with Crippen molar-refractivity contribution in [3.63, 3.8) is 0 Å². The van der Waals surface area contributed by atoms with E-state index in [2.05, 4.69) is 0 Å². The summed E-state index contributed by atoms with van der Waals surface area (Å²) in [5, 5.41) is 9.73. The van der Waals surface area contributed by atoms with Crippen molar-refractivity contribution in [3.05, 3.63) is 0 Å². The third-order valence-electron chi connectivity index (χ3n) is 1.03. The van der Waals surface area contributed by atoms with E-state index in [0.29, 0.717) is 6.54 Å². The molecule has 11 heavy (non-hydrogen) atoms. The highest BCUT2D eigenvalue weighted by Crippen LogP contribution is 1.98. The maximum Gasteiger partial charge on any atom is 0.303 e. The molecule has 3 nitrogen and oxygen atoms in total. The van der Waals surface area contributed by atoms with Crippen molar-refractivity contribution in [1.29, 1.82) is 0 Å². The summed E-state index contributed by atoms with van der Waals surface area (Å²) in [6.07, 6.45) is -0.925. The van der Waals surface area contributed by atoms with E-state index in [1.165, 1.54) is 5.31 Å². The van der Waals surface area contributed by atoms with Crippen LogP contribution >= 0.6 is 0 Å². The molecule has 0 aromatic heterocycles. The van der Waals surface area contributed by atoms with Crippen molar-refractivity contribution in [2.24, 2.45) is 0 Å². The molecule has 0 aliphatic carbocycles. The molecule has 0 saturated carbocycles. The molecule has 0 aromatic carbocycles. The lowest BCUT2D eigenvalue weighted by molar-refractivity contribution is -0.137. The second-order valence-corrected chi connectivity index (χ2v) is 3.38. The highest BCUT2D eigenvalue weighted by molar-refractivity contribution is 5.66. The summed E-state index contributed by atoms with van der Waals surface area (Å²) in [6, 6.07) is 0. The van der Waals surface area contributed by atoms with Gasteiger partial charge < -0.3 is 10.4 Å². The molecule has 0 rings (SSSR count). The molecule has 0 aliphatic rings. The molecule has 0 heterocycles. The zero-order valence-corrected chi connectivity index (χ0v) is 7.29. The Morgan fingerprint density at radius 2 is 2.27 bits per heavy atom. The Labute approximate surface area is 70.7 Å². The van der Waals surface area contributed by atoms with Gasteiger partial charge in [-0.05, 0) is 33.7 Å². The minimum atomic E-state index is -1.12. The standard InChI is InChI=1S/C8H17NO2/c1-8(2,3)9-6-4-5-7(10)11/h9H,4-6H2,1-3H3,(H,10,11)/i5D/hD. The number of aliphatic carboxylic acids is 1. The molecule has 0 fully saturated rings. The lowest BCUT2D eigenvalue weighted by Gasteiger charge is -2.19. The number of rotatable bonds is 4. The first-order chi connectivity index (χ1) is 5.75. The zero-order valence-electron chi connectivity index (χ0n) is 9.29. The minimum absolute atomic E-state index is 0.191. The van der Waals surface area contributed by atoms with E-state index in [4.69, 9.17) is 7.89 Å². The smallest absolute Gasteiger partial charge is 0.303 e. The SMILES string of the molecule is [2H]C(CCN([2H])C(C)(C)C)C(=O)O. The number of hydrogen-bond acceptors (Lipinski definition) is 2. The predicted molar refractivity (Wildman–Crippen MR) is 44.6 cm³/mol. The van der Waals surface area contributed by atoms with Gasteiger partial charge in [0.2, 0.25) is 0 Å². The van der Waals surface area contributed by atoms with Crippen LogP contribution in [0.2, 0.25) is 1.41 Å². The fraction of sp³-hybridized carbons (Fsp3) is 0.875. The largest absolute Gasteiger partial charge is 0.481 e. The van der Waals surface area contributed by atoms with E-state index < -0.39 is 12.4 Å². The average molecular weight is 161 g/mol. The highest BCUT2D eigenvalue weighted by atomic mass is 16.4. The molecular weight excluding hydrogens is 142 g/mol. The van der Waals surface area contributed by atoms with Gasteiger partial charge in [0, 0.05) is 13.3 Å². The summed E-state index contributed by atoms with van der Waals surface area (Å²) in [7, 11) is 0. The Bertz CT molecular complexity index is 179. The van der Waals surface area contributed by atoms with E-state index in [0.717, 1.165) is 0 Å². The van der Waals surface area contributed by atoms with Crippen LogP contribution in [0.25, 0.3) is 0 Å². The van der Waals surface area contributed by atoms with Gasteiger partial charge in [-0.2, -0.15) is 0 Å². The van der Waals surface area contributed by atoms with E-state index in [1.54, 1.807) is 0 Å². The molecule has 1 atom stereocenters. The third-order valence-corrected chi connectivity index (χ3v) is 1.03. The van der Waals surface area contributed by atoms with Crippen LogP contribution in [0.3, 0.4) is 0 Å². The van der Waals surface area contributed by atoms with E-state index in [1.807, 2.05) is 20.8 Å². The van der Waals surface area contributed by atoms with Crippen molar-refractivity contribution >= 4 is 5.97 Å². The van der Waals surface area contributed by atoms with Crippen LogP contribution in [-0.4, -0.2) is 23.2 Å². The number of carbonyl (C=O) groups is 1. The Hall–Kier alpha value is -0.570. The van der Waals surface area contributed by atoms with E-state index in [-0.39, 0.29) is 12.0 Å².